The Bertz CT molecular complexity index is 764. The Hall–Kier alpha value is -2.80. The highest BCUT2D eigenvalue weighted by atomic mass is 16.5. The minimum atomic E-state index is -0.0203. The lowest BCUT2D eigenvalue weighted by molar-refractivity contribution is 0.0637. The van der Waals surface area contributed by atoms with Crippen LogP contribution in [0.15, 0.2) is 36.7 Å². The Morgan fingerprint density at radius 1 is 0.964 bits per heavy atom. The number of aromatic nitrogens is 1. The summed E-state index contributed by atoms with van der Waals surface area (Å²) in [6.45, 7) is 4.11. The van der Waals surface area contributed by atoms with Crippen molar-refractivity contribution in [2.45, 2.75) is 6.42 Å². The van der Waals surface area contributed by atoms with Crippen molar-refractivity contribution in [1.82, 2.24) is 14.8 Å². The predicted molar refractivity (Wildman–Crippen MR) is 106 cm³/mol. The van der Waals surface area contributed by atoms with E-state index in [2.05, 4.69) is 9.88 Å². The number of ether oxygens (including phenoxy) is 3. The molecule has 1 aromatic heterocycles. The number of rotatable bonds is 7. The molecule has 1 aliphatic rings. The number of hydrogen-bond donors (Lipinski definition) is 0. The lowest BCUT2D eigenvalue weighted by atomic mass is 10.1. The zero-order valence-corrected chi connectivity index (χ0v) is 16.7. The fourth-order valence-electron chi connectivity index (χ4n) is 3.40. The van der Waals surface area contributed by atoms with Crippen LogP contribution < -0.4 is 14.2 Å². The highest BCUT2D eigenvalue weighted by molar-refractivity contribution is 5.95. The van der Waals surface area contributed by atoms with Crippen molar-refractivity contribution >= 4 is 5.91 Å². The minimum Gasteiger partial charge on any atom is -0.493 e. The van der Waals surface area contributed by atoms with Gasteiger partial charge in [-0.1, -0.05) is 0 Å². The molecule has 0 saturated carbocycles. The summed E-state index contributed by atoms with van der Waals surface area (Å²) in [4.78, 5) is 21.3. The van der Waals surface area contributed by atoms with Crippen LogP contribution in [0.5, 0.6) is 17.2 Å². The number of hydrogen-bond acceptors (Lipinski definition) is 6. The summed E-state index contributed by atoms with van der Waals surface area (Å²) in [5.74, 6) is 1.44. The van der Waals surface area contributed by atoms with Crippen LogP contribution in [-0.4, -0.2) is 74.7 Å². The zero-order chi connectivity index (χ0) is 19.9. The molecule has 1 fully saturated rings. The van der Waals surface area contributed by atoms with Crippen molar-refractivity contribution in [1.29, 1.82) is 0 Å². The molecule has 0 atom stereocenters. The van der Waals surface area contributed by atoms with Gasteiger partial charge in [-0.3, -0.25) is 14.7 Å². The van der Waals surface area contributed by atoms with Crippen LogP contribution in [0, 0.1) is 0 Å². The van der Waals surface area contributed by atoms with Crippen LogP contribution in [0.25, 0.3) is 0 Å². The SMILES string of the molecule is COc1cc(C(=O)N2CCN(CCc3ccncc3)CC2)cc(OC)c1OC. The quantitative estimate of drug-likeness (QED) is 0.727. The van der Waals surface area contributed by atoms with Gasteiger partial charge in [0, 0.05) is 50.7 Å². The maximum Gasteiger partial charge on any atom is 0.254 e. The predicted octanol–water partition coefficient (Wildman–Crippen LogP) is 2.11. The van der Waals surface area contributed by atoms with Crippen molar-refractivity contribution in [2.75, 3.05) is 54.1 Å². The third kappa shape index (κ3) is 4.54. The zero-order valence-electron chi connectivity index (χ0n) is 16.7. The molecule has 7 nitrogen and oxygen atoms in total. The standard InChI is InChI=1S/C21H27N3O4/c1-26-18-14-17(15-19(27-2)20(18)28-3)21(25)24-12-10-23(11-13-24)9-6-16-4-7-22-8-5-16/h4-5,7-8,14-15H,6,9-13H2,1-3H3. The van der Waals surface area contributed by atoms with E-state index in [1.807, 2.05) is 29.4 Å². The Morgan fingerprint density at radius 3 is 2.11 bits per heavy atom. The molecule has 2 aromatic rings. The second-order valence-electron chi connectivity index (χ2n) is 6.65. The fourth-order valence-corrected chi connectivity index (χ4v) is 3.40. The molecule has 1 saturated heterocycles. The van der Waals surface area contributed by atoms with Gasteiger partial charge in [0.1, 0.15) is 0 Å². The summed E-state index contributed by atoms with van der Waals surface area (Å²) < 4.78 is 16.0. The van der Waals surface area contributed by atoms with Crippen LogP contribution in [0.3, 0.4) is 0 Å². The molecule has 150 valence electrons. The van der Waals surface area contributed by atoms with E-state index in [-0.39, 0.29) is 5.91 Å². The van der Waals surface area contributed by atoms with E-state index in [9.17, 15) is 4.79 Å². The summed E-state index contributed by atoms with van der Waals surface area (Å²) in [5.41, 5.74) is 1.82. The molecule has 0 bridgehead atoms. The molecule has 0 radical (unpaired) electrons. The Balaban J connectivity index is 1.60. The highest BCUT2D eigenvalue weighted by Crippen LogP contribution is 2.38. The Morgan fingerprint density at radius 2 is 1.57 bits per heavy atom. The number of nitrogens with zero attached hydrogens (tertiary/aromatic N) is 3. The van der Waals surface area contributed by atoms with E-state index in [0.29, 0.717) is 35.9 Å². The maximum absolute atomic E-state index is 13.0. The number of pyridine rings is 1. The van der Waals surface area contributed by atoms with Gasteiger partial charge in [-0.15, -0.1) is 0 Å². The minimum absolute atomic E-state index is 0.0203. The summed E-state index contributed by atoms with van der Waals surface area (Å²) in [5, 5.41) is 0. The molecule has 1 amide bonds. The van der Waals surface area contributed by atoms with E-state index in [4.69, 9.17) is 14.2 Å². The average molecular weight is 385 g/mol. The third-order valence-electron chi connectivity index (χ3n) is 5.04. The average Bonchev–Trinajstić information content (AvgIpc) is 2.77. The second kappa shape index (κ2) is 9.41. The van der Waals surface area contributed by atoms with Gasteiger partial charge in [-0.25, -0.2) is 0 Å². The van der Waals surface area contributed by atoms with E-state index in [1.165, 1.54) is 5.56 Å². The van der Waals surface area contributed by atoms with Crippen LogP contribution in [0.4, 0.5) is 0 Å². The Labute approximate surface area is 165 Å². The monoisotopic (exact) mass is 385 g/mol. The molecule has 0 N–H and O–H groups in total. The maximum atomic E-state index is 13.0. The van der Waals surface area contributed by atoms with Crippen molar-refractivity contribution in [3.8, 4) is 17.2 Å². The number of benzene rings is 1. The van der Waals surface area contributed by atoms with Gasteiger partial charge in [0.25, 0.3) is 5.91 Å². The van der Waals surface area contributed by atoms with Gasteiger partial charge in [-0.2, -0.15) is 0 Å². The molecule has 1 aliphatic heterocycles. The second-order valence-corrected chi connectivity index (χ2v) is 6.65. The molecule has 1 aromatic carbocycles. The fraction of sp³-hybridized carbons (Fsp3) is 0.429. The van der Waals surface area contributed by atoms with Crippen LogP contribution in [-0.2, 0) is 6.42 Å². The smallest absolute Gasteiger partial charge is 0.254 e. The molecule has 7 heteroatoms. The molecule has 2 heterocycles. The number of piperazine rings is 1. The van der Waals surface area contributed by atoms with Gasteiger partial charge in [-0.05, 0) is 36.2 Å². The highest BCUT2D eigenvalue weighted by Gasteiger charge is 2.24. The van der Waals surface area contributed by atoms with Crippen LogP contribution in [0.2, 0.25) is 0 Å². The van der Waals surface area contributed by atoms with E-state index < -0.39 is 0 Å². The van der Waals surface area contributed by atoms with Crippen molar-refractivity contribution < 1.29 is 19.0 Å². The first-order chi connectivity index (χ1) is 13.7. The van der Waals surface area contributed by atoms with Gasteiger partial charge >= 0.3 is 0 Å². The third-order valence-corrected chi connectivity index (χ3v) is 5.04. The summed E-state index contributed by atoms with van der Waals surface area (Å²) in [6, 6.07) is 7.51. The Kier molecular flexibility index (Phi) is 6.71. The first-order valence-electron chi connectivity index (χ1n) is 9.36. The van der Waals surface area contributed by atoms with Gasteiger partial charge in [0.2, 0.25) is 5.75 Å². The summed E-state index contributed by atoms with van der Waals surface area (Å²) in [6.07, 6.45) is 4.63. The van der Waals surface area contributed by atoms with Crippen molar-refractivity contribution in [3.05, 3.63) is 47.8 Å². The molecular formula is C21H27N3O4. The number of amides is 1. The lowest BCUT2D eigenvalue weighted by Crippen LogP contribution is -2.49. The van der Waals surface area contributed by atoms with E-state index in [1.54, 1.807) is 33.5 Å². The molecule has 0 spiro atoms. The van der Waals surface area contributed by atoms with Gasteiger partial charge in [0.05, 0.1) is 21.3 Å². The van der Waals surface area contributed by atoms with Gasteiger partial charge < -0.3 is 19.1 Å². The van der Waals surface area contributed by atoms with Crippen molar-refractivity contribution in [3.63, 3.8) is 0 Å². The normalized spacial score (nSPS) is 14.6. The van der Waals surface area contributed by atoms with Gasteiger partial charge in [0.15, 0.2) is 11.5 Å². The largest absolute Gasteiger partial charge is 0.493 e. The lowest BCUT2D eigenvalue weighted by Gasteiger charge is -2.35. The van der Waals surface area contributed by atoms with E-state index >= 15 is 0 Å². The number of methoxy groups -OCH3 is 3. The molecule has 28 heavy (non-hydrogen) atoms. The van der Waals surface area contributed by atoms with Crippen molar-refractivity contribution in [2.24, 2.45) is 0 Å². The number of carbonyl (C=O) groups is 1. The first-order valence-corrected chi connectivity index (χ1v) is 9.36. The summed E-state index contributed by atoms with van der Waals surface area (Å²) >= 11 is 0. The van der Waals surface area contributed by atoms with Crippen LogP contribution >= 0.6 is 0 Å². The molecular weight excluding hydrogens is 358 g/mol. The topological polar surface area (TPSA) is 64.1 Å². The van der Waals surface area contributed by atoms with E-state index in [0.717, 1.165) is 26.1 Å². The summed E-state index contributed by atoms with van der Waals surface area (Å²) in [7, 11) is 4.65. The molecule has 3 rings (SSSR count). The van der Waals surface area contributed by atoms with Crippen LogP contribution in [0.1, 0.15) is 15.9 Å². The first kappa shape index (κ1) is 19.9. The molecule has 0 unspecified atom stereocenters. The number of carbonyl (C=O) groups excluding carboxylic acids is 1. The molecule has 0 aliphatic carbocycles.